The van der Waals surface area contributed by atoms with Crippen molar-refractivity contribution in [3.05, 3.63) is 132 Å². The van der Waals surface area contributed by atoms with Gasteiger partial charge in [0, 0.05) is 81.2 Å². The highest BCUT2D eigenvalue weighted by Gasteiger charge is 2.51. The number of carbonyl (C=O) groups excluding carboxylic acids is 1. The summed E-state index contributed by atoms with van der Waals surface area (Å²) in [6, 6.07) is 28.6. The molecule has 1 amide bonds. The van der Waals surface area contributed by atoms with Crippen LogP contribution < -0.4 is 24.4 Å². The number of aromatic nitrogens is 2. The van der Waals surface area contributed by atoms with Crippen molar-refractivity contribution in [2.45, 2.75) is 118 Å². The molecule has 2 saturated heterocycles. The summed E-state index contributed by atoms with van der Waals surface area (Å²) in [5.74, 6) is 0.255. The number of fused-ring (bicyclic) bond motifs is 1. The van der Waals surface area contributed by atoms with E-state index in [2.05, 4.69) is 80.2 Å². The van der Waals surface area contributed by atoms with E-state index >= 15 is 0 Å². The summed E-state index contributed by atoms with van der Waals surface area (Å²) in [5.41, 5.74) is -1.72. The van der Waals surface area contributed by atoms with Gasteiger partial charge in [0.1, 0.15) is 27.8 Å². The quantitative estimate of drug-likeness (QED) is 0.0718. The maximum atomic E-state index is 14.2. The first-order valence-electron chi connectivity index (χ1n) is 26.8. The van der Waals surface area contributed by atoms with Crippen LogP contribution in [0.3, 0.4) is 0 Å². The van der Waals surface area contributed by atoms with E-state index in [1.807, 2.05) is 16.9 Å². The third-order valence-corrected chi connectivity index (χ3v) is 19.6. The molecule has 416 valence electrons. The fourth-order valence-corrected chi connectivity index (χ4v) is 14.1. The molecule has 4 N–H and O–H groups in total. The van der Waals surface area contributed by atoms with Gasteiger partial charge < -0.3 is 29.8 Å². The highest BCUT2D eigenvalue weighted by atomic mass is 32.2. The lowest BCUT2D eigenvalue weighted by molar-refractivity contribution is -0.0628. The first-order chi connectivity index (χ1) is 37.1. The van der Waals surface area contributed by atoms with Gasteiger partial charge in [0.15, 0.2) is 0 Å². The fourth-order valence-electron chi connectivity index (χ4n) is 12.1. The number of piperazine rings is 1. The van der Waals surface area contributed by atoms with Crippen LogP contribution in [0.25, 0.3) is 11.0 Å². The van der Waals surface area contributed by atoms with Gasteiger partial charge >= 0.3 is 5.51 Å². The molecule has 4 heterocycles. The van der Waals surface area contributed by atoms with E-state index < -0.39 is 52.4 Å². The summed E-state index contributed by atoms with van der Waals surface area (Å²) in [6.07, 6.45) is 9.26. The number of amides is 1. The van der Waals surface area contributed by atoms with Crippen LogP contribution in [-0.4, -0.2) is 111 Å². The molecule has 20 heteroatoms. The first kappa shape index (κ1) is 55.1. The SMILES string of the molecule is COc1ccc(CN2CCN(C3CC4(CCN(c5ccc(C(=O)NS(=O)(=O)c6ccc(NC[C@H]7CC[C@](C)(O)CC7)c(S(=O)(=O)C(F)(F)F)c6)c(Oc6cnc7[nH]ccc7c6)c5)CC4)C3)[C@H](c3ccccc3C(C)C)C2)cc1. The molecule has 0 unspecified atom stereocenters. The van der Waals surface area contributed by atoms with Gasteiger partial charge in [-0.3, -0.25) is 14.6 Å². The number of halogens is 3. The van der Waals surface area contributed by atoms with Crippen LogP contribution >= 0.6 is 0 Å². The van der Waals surface area contributed by atoms with Crippen molar-refractivity contribution in [3.8, 4) is 17.2 Å². The minimum Gasteiger partial charge on any atom is -0.497 e. The van der Waals surface area contributed by atoms with Crippen LogP contribution in [0, 0.1) is 11.3 Å². The standard InChI is InChI=1S/C58H68F3N7O8S2/c1-38(2)47-7-5-6-8-48(47)51-37-66(36-40-9-12-44(75-4)13-10-40)27-28-68(51)43-32-57(33-43)22-25-67(26-23-57)42-11-15-49(52(30-42)76-45-29-41-19-24-62-54(41)64-35-45)55(69)65-78(73,74)46-14-16-50(53(31-46)77(71,72)58(59,60)61)63-34-39-17-20-56(3,70)21-18-39/h5-16,19,24,29-31,35,38-39,43,51,63,70H,17-18,20-23,25-28,32-34,36-37H2,1-4H3,(H,62,64)(H,65,69)/t39-,51-,56-/m0/s1. The normalized spacial score (nSPS) is 21.6. The van der Waals surface area contributed by atoms with Crippen molar-refractivity contribution in [1.82, 2.24) is 24.5 Å². The van der Waals surface area contributed by atoms with Crippen LogP contribution in [0.5, 0.6) is 17.2 Å². The molecule has 1 atom stereocenters. The van der Waals surface area contributed by atoms with Crippen LogP contribution in [0.2, 0.25) is 0 Å². The lowest BCUT2D eigenvalue weighted by Crippen LogP contribution is -2.60. The second-order valence-corrected chi connectivity index (χ2v) is 26.0. The minimum atomic E-state index is -6.07. The number of pyridine rings is 1. The van der Waals surface area contributed by atoms with E-state index in [0.29, 0.717) is 49.4 Å². The van der Waals surface area contributed by atoms with Crippen molar-refractivity contribution in [3.63, 3.8) is 0 Å². The number of aliphatic hydroxyl groups is 1. The number of alkyl halides is 3. The Balaban J connectivity index is 0.852. The third kappa shape index (κ3) is 11.7. The van der Waals surface area contributed by atoms with Gasteiger partial charge in [-0.1, -0.05) is 50.2 Å². The maximum Gasteiger partial charge on any atom is 0.501 e. The summed E-state index contributed by atoms with van der Waals surface area (Å²) in [5, 5.41) is 13.9. The summed E-state index contributed by atoms with van der Waals surface area (Å²) >= 11 is 0. The zero-order valence-corrected chi connectivity index (χ0v) is 46.0. The van der Waals surface area contributed by atoms with E-state index in [1.165, 1.54) is 29.0 Å². The van der Waals surface area contributed by atoms with Crippen molar-refractivity contribution in [1.29, 1.82) is 0 Å². The van der Waals surface area contributed by atoms with Crippen molar-refractivity contribution >= 4 is 48.2 Å². The highest BCUT2D eigenvalue weighted by Crippen LogP contribution is 2.53. The third-order valence-electron chi connectivity index (χ3n) is 16.7. The molecule has 4 aliphatic rings. The van der Waals surface area contributed by atoms with Crippen LogP contribution in [-0.2, 0) is 26.4 Å². The smallest absolute Gasteiger partial charge is 0.497 e. The molecule has 2 saturated carbocycles. The molecule has 4 aromatic carbocycles. The molecule has 4 fully saturated rings. The van der Waals surface area contributed by atoms with Gasteiger partial charge in [-0.05, 0) is 147 Å². The largest absolute Gasteiger partial charge is 0.501 e. The highest BCUT2D eigenvalue weighted by molar-refractivity contribution is 7.92. The van der Waals surface area contributed by atoms with Crippen molar-refractivity contribution in [2.75, 3.05) is 56.6 Å². The molecule has 1 spiro atoms. The van der Waals surface area contributed by atoms with Gasteiger partial charge in [-0.2, -0.15) is 13.2 Å². The van der Waals surface area contributed by atoms with Crippen molar-refractivity contribution in [2.24, 2.45) is 11.3 Å². The Labute approximate surface area is 454 Å². The Morgan fingerprint density at radius 1 is 0.885 bits per heavy atom. The number of nitrogens with one attached hydrogen (secondary N) is 3. The minimum absolute atomic E-state index is 0.00356. The molecule has 2 aliphatic heterocycles. The number of hydrogen-bond donors (Lipinski definition) is 4. The number of hydrogen-bond acceptors (Lipinski definition) is 13. The number of benzene rings is 4. The maximum absolute atomic E-state index is 14.2. The zero-order chi connectivity index (χ0) is 55.2. The molecule has 78 heavy (non-hydrogen) atoms. The van der Waals surface area contributed by atoms with Gasteiger partial charge in [-0.25, -0.2) is 26.5 Å². The zero-order valence-electron chi connectivity index (χ0n) is 44.4. The number of methoxy groups -OCH3 is 1. The number of ether oxygens (including phenoxy) is 2. The summed E-state index contributed by atoms with van der Waals surface area (Å²) in [7, 11) is -9.38. The Kier molecular flexibility index (Phi) is 15.4. The van der Waals surface area contributed by atoms with E-state index in [1.54, 1.807) is 44.5 Å². The average molecular weight is 1110 g/mol. The Hall–Kier alpha value is -6.19. The van der Waals surface area contributed by atoms with Gasteiger partial charge in [0.05, 0.1) is 35.1 Å². The molecule has 15 nitrogen and oxygen atoms in total. The predicted octanol–water partition coefficient (Wildman–Crippen LogP) is 10.6. The van der Waals surface area contributed by atoms with Gasteiger partial charge in [0.25, 0.3) is 25.8 Å². The second-order valence-electron chi connectivity index (χ2n) is 22.4. The number of carbonyl (C=O) groups is 1. The first-order valence-corrected chi connectivity index (χ1v) is 29.7. The predicted molar refractivity (Wildman–Crippen MR) is 293 cm³/mol. The Morgan fingerprint density at radius 3 is 2.32 bits per heavy atom. The molecule has 0 bridgehead atoms. The molecule has 0 radical (unpaired) electrons. The number of aromatic amines is 1. The fraction of sp³-hybridized carbons (Fsp3) is 0.448. The summed E-state index contributed by atoms with van der Waals surface area (Å²) in [4.78, 5) is 27.0. The van der Waals surface area contributed by atoms with Crippen LogP contribution in [0.4, 0.5) is 24.5 Å². The Morgan fingerprint density at radius 2 is 1.62 bits per heavy atom. The molecule has 2 aliphatic carbocycles. The molecular formula is C58H68F3N7O8S2. The van der Waals surface area contributed by atoms with E-state index in [4.69, 9.17) is 9.47 Å². The van der Waals surface area contributed by atoms with Crippen LogP contribution in [0.15, 0.2) is 119 Å². The van der Waals surface area contributed by atoms with E-state index in [0.717, 1.165) is 93.9 Å². The number of anilines is 2. The summed E-state index contributed by atoms with van der Waals surface area (Å²) in [6.45, 7) is 11.5. The van der Waals surface area contributed by atoms with Crippen molar-refractivity contribution < 1.29 is 49.4 Å². The van der Waals surface area contributed by atoms with E-state index in [9.17, 15) is 39.9 Å². The number of sulfonamides is 1. The Bertz CT molecular complexity index is 3360. The number of nitrogens with zero attached hydrogens (tertiary/aromatic N) is 4. The molecule has 6 aromatic rings. The topological polar surface area (TPSA) is 186 Å². The number of sulfone groups is 1. The molecular weight excluding hydrogens is 1040 g/mol. The molecule has 2 aromatic heterocycles. The lowest BCUT2D eigenvalue weighted by atomic mass is 9.59. The van der Waals surface area contributed by atoms with E-state index in [-0.39, 0.29) is 41.0 Å². The summed E-state index contributed by atoms with van der Waals surface area (Å²) < 4.78 is 110. The lowest BCUT2D eigenvalue weighted by Gasteiger charge is -2.58. The van der Waals surface area contributed by atoms with Gasteiger partial charge in [0.2, 0.25) is 0 Å². The molecule has 10 rings (SSSR count). The monoisotopic (exact) mass is 1110 g/mol. The second kappa shape index (κ2) is 21.8. The number of piperidine rings is 1. The van der Waals surface area contributed by atoms with Crippen LogP contribution in [0.1, 0.15) is 111 Å². The number of rotatable bonds is 16. The van der Waals surface area contributed by atoms with Gasteiger partial charge in [-0.15, -0.1) is 0 Å². The average Bonchev–Trinajstić information content (AvgIpc) is 3.97. The number of H-pyrrole nitrogens is 1.